The average molecular weight is 476 g/mol. The Kier molecular flexibility index (Phi) is 6.87. The van der Waals surface area contributed by atoms with E-state index < -0.39 is 11.6 Å². The van der Waals surface area contributed by atoms with E-state index in [1.165, 1.54) is 26.0 Å². The molecule has 0 amide bonds. The molecule has 1 aromatic heterocycles. The topological polar surface area (TPSA) is 81.8 Å². The Labute approximate surface area is 203 Å². The predicted molar refractivity (Wildman–Crippen MR) is 130 cm³/mol. The fourth-order valence-electron chi connectivity index (χ4n) is 3.47. The second-order valence-electron chi connectivity index (χ2n) is 8.60. The maximum absolute atomic E-state index is 13.2. The van der Waals surface area contributed by atoms with Crippen LogP contribution in [0.3, 0.4) is 0 Å². The molecule has 1 heterocycles. The van der Waals surface area contributed by atoms with Crippen LogP contribution in [0.15, 0.2) is 77.2 Å². The third kappa shape index (κ3) is 5.87. The molecule has 0 radical (unpaired) electrons. The molecule has 0 unspecified atom stereocenters. The first-order valence-electron chi connectivity index (χ1n) is 11.2. The fourth-order valence-corrected chi connectivity index (χ4v) is 3.47. The molecule has 7 heteroatoms. The van der Waals surface area contributed by atoms with Crippen LogP contribution in [0, 0.1) is 12.7 Å². The zero-order chi connectivity index (χ0) is 25.0. The third-order valence-electron chi connectivity index (χ3n) is 5.50. The molecule has 0 spiro atoms. The van der Waals surface area contributed by atoms with Gasteiger partial charge in [-0.05, 0) is 80.4 Å². The highest BCUT2D eigenvalue weighted by atomic mass is 19.1. The number of aryl methyl sites for hydroxylation is 1. The van der Waals surface area contributed by atoms with E-state index in [0.29, 0.717) is 30.4 Å². The lowest BCUT2D eigenvalue weighted by Crippen LogP contribution is -2.37. The van der Waals surface area contributed by atoms with Crippen molar-refractivity contribution >= 4 is 5.97 Å². The fraction of sp³-hybridized carbons (Fsp3) is 0.214. The Morgan fingerprint density at radius 3 is 2.31 bits per heavy atom. The van der Waals surface area contributed by atoms with Gasteiger partial charge in [0, 0.05) is 12.0 Å². The third-order valence-corrected chi connectivity index (χ3v) is 5.50. The van der Waals surface area contributed by atoms with Crippen LogP contribution in [0.5, 0.6) is 11.5 Å². The quantitative estimate of drug-likeness (QED) is 0.305. The van der Waals surface area contributed by atoms with Crippen LogP contribution in [0.4, 0.5) is 4.39 Å². The number of rotatable bonds is 9. The minimum atomic E-state index is -1.32. The summed E-state index contributed by atoms with van der Waals surface area (Å²) in [6.45, 7) is 5.25. The lowest BCUT2D eigenvalue weighted by molar-refractivity contribution is -0.152. The van der Waals surface area contributed by atoms with Crippen molar-refractivity contribution in [2.75, 3.05) is 6.61 Å². The largest absolute Gasteiger partial charge is 0.493 e. The molecule has 4 aromatic rings. The number of carboxylic acids is 1. The van der Waals surface area contributed by atoms with Crippen LogP contribution < -0.4 is 9.47 Å². The van der Waals surface area contributed by atoms with E-state index in [4.69, 9.17) is 13.9 Å². The van der Waals surface area contributed by atoms with Crippen molar-refractivity contribution in [3.8, 4) is 34.1 Å². The molecule has 0 fully saturated rings. The molecular formula is C28H26FNO5. The molecule has 0 saturated carbocycles. The number of nitrogens with zero attached hydrogens (tertiary/aromatic N) is 1. The molecule has 0 aliphatic rings. The van der Waals surface area contributed by atoms with Crippen LogP contribution in [0.2, 0.25) is 0 Å². The first kappa shape index (κ1) is 24.0. The second kappa shape index (κ2) is 10.0. The second-order valence-corrected chi connectivity index (χ2v) is 8.60. The van der Waals surface area contributed by atoms with Gasteiger partial charge in [0.1, 0.15) is 23.1 Å². The number of halogens is 1. The van der Waals surface area contributed by atoms with E-state index >= 15 is 0 Å². The summed E-state index contributed by atoms with van der Waals surface area (Å²) in [5.41, 5.74) is 2.18. The molecule has 6 nitrogen and oxygen atoms in total. The summed E-state index contributed by atoms with van der Waals surface area (Å²) in [7, 11) is 0. The maximum atomic E-state index is 13.2. The van der Waals surface area contributed by atoms with Crippen molar-refractivity contribution < 1.29 is 28.2 Å². The molecular weight excluding hydrogens is 449 g/mol. The number of oxazole rings is 1. The van der Waals surface area contributed by atoms with Gasteiger partial charge >= 0.3 is 5.97 Å². The van der Waals surface area contributed by atoms with Gasteiger partial charge in [0.05, 0.1) is 12.3 Å². The predicted octanol–water partition coefficient (Wildman–Crippen LogP) is 6.32. The molecule has 0 aliphatic heterocycles. The van der Waals surface area contributed by atoms with Gasteiger partial charge in [-0.15, -0.1) is 0 Å². The van der Waals surface area contributed by atoms with Crippen LogP contribution in [-0.4, -0.2) is 28.3 Å². The van der Waals surface area contributed by atoms with E-state index in [1.807, 2.05) is 31.2 Å². The highest BCUT2D eigenvalue weighted by Gasteiger charge is 2.29. The zero-order valence-electron chi connectivity index (χ0n) is 19.7. The minimum absolute atomic E-state index is 0.272. The number of aromatic nitrogens is 1. The number of hydrogen-bond acceptors (Lipinski definition) is 5. The standard InChI is InChI=1S/C28H26FNO5/c1-18-25(15-16-33-23-11-13-24(14-12-23)35-28(2,3)27(31)32)30-26(34-18)21-6-4-5-20(17-21)19-7-9-22(29)10-8-19/h4-14,17H,15-16H2,1-3H3,(H,31,32). The van der Waals surface area contributed by atoms with Crippen molar-refractivity contribution in [2.24, 2.45) is 0 Å². The van der Waals surface area contributed by atoms with Crippen molar-refractivity contribution in [3.63, 3.8) is 0 Å². The van der Waals surface area contributed by atoms with Gasteiger partial charge < -0.3 is 19.0 Å². The smallest absolute Gasteiger partial charge is 0.347 e. The van der Waals surface area contributed by atoms with E-state index in [2.05, 4.69) is 4.98 Å². The number of benzene rings is 3. The summed E-state index contributed by atoms with van der Waals surface area (Å²) in [4.78, 5) is 15.9. The Morgan fingerprint density at radius 1 is 0.971 bits per heavy atom. The highest BCUT2D eigenvalue weighted by molar-refractivity contribution is 5.76. The van der Waals surface area contributed by atoms with Crippen molar-refractivity contribution in [1.82, 2.24) is 4.98 Å². The molecule has 1 N–H and O–H groups in total. The average Bonchev–Trinajstić information content (AvgIpc) is 3.21. The summed E-state index contributed by atoms with van der Waals surface area (Å²) in [6.07, 6.45) is 0.553. The summed E-state index contributed by atoms with van der Waals surface area (Å²) >= 11 is 0. The minimum Gasteiger partial charge on any atom is -0.493 e. The van der Waals surface area contributed by atoms with Crippen LogP contribution in [-0.2, 0) is 11.2 Å². The summed E-state index contributed by atoms with van der Waals surface area (Å²) in [6, 6.07) is 20.9. The molecule has 0 bridgehead atoms. The number of aliphatic carboxylic acids is 1. The normalized spacial score (nSPS) is 11.3. The summed E-state index contributed by atoms with van der Waals surface area (Å²) < 4.78 is 30.5. The first-order valence-corrected chi connectivity index (χ1v) is 11.2. The van der Waals surface area contributed by atoms with Crippen LogP contribution in [0.25, 0.3) is 22.6 Å². The van der Waals surface area contributed by atoms with Gasteiger partial charge in [-0.3, -0.25) is 0 Å². The first-order chi connectivity index (χ1) is 16.7. The Bertz CT molecular complexity index is 1310. The molecule has 3 aromatic carbocycles. The van der Waals surface area contributed by atoms with Gasteiger partial charge in [-0.2, -0.15) is 0 Å². The monoisotopic (exact) mass is 475 g/mol. The number of carboxylic acid groups (broad SMARTS) is 1. The van der Waals surface area contributed by atoms with Crippen molar-refractivity contribution in [3.05, 3.63) is 90.1 Å². The molecule has 0 atom stereocenters. The van der Waals surface area contributed by atoms with Gasteiger partial charge in [0.15, 0.2) is 5.60 Å². The van der Waals surface area contributed by atoms with Gasteiger partial charge in [-0.1, -0.05) is 24.3 Å². The van der Waals surface area contributed by atoms with Crippen LogP contribution in [0.1, 0.15) is 25.3 Å². The SMILES string of the molecule is Cc1oc(-c2cccc(-c3ccc(F)cc3)c2)nc1CCOc1ccc(OC(C)(C)C(=O)O)cc1. The molecule has 180 valence electrons. The van der Waals surface area contributed by atoms with Crippen LogP contribution >= 0.6 is 0 Å². The lowest BCUT2D eigenvalue weighted by Gasteiger charge is -2.21. The lowest BCUT2D eigenvalue weighted by atomic mass is 10.0. The van der Waals surface area contributed by atoms with Crippen molar-refractivity contribution in [2.45, 2.75) is 32.8 Å². The Balaban J connectivity index is 1.38. The van der Waals surface area contributed by atoms with Gasteiger partial charge in [0.2, 0.25) is 5.89 Å². The molecule has 0 saturated heterocycles. The molecule has 0 aliphatic carbocycles. The zero-order valence-corrected chi connectivity index (χ0v) is 19.7. The Hall–Kier alpha value is -4.13. The summed E-state index contributed by atoms with van der Waals surface area (Å²) in [5.74, 6) is 1.01. The van der Waals surface area contributed by atoms with E-state index in [1.54, 1.807) is 36.4 Å². The van der Waals surface area contributed by atoms with Crippen molar-refractivity contribution in [1.29, 1.82) is 0 Å². The number of hydrogen-bond donors (Lipinski definition) is 1. The number of ether oxygens (including phenoxy) is 2. The van der Waals surface area contributed by atoms with E-state index in [-0.39, 0.29) is 5.82 Å². The van der Waals surface area contributed by atoms with Gasteiger partial charge in [-0.25, -0.2) is 14.2 Å². The van der Waals surface area contributed by atoms with Gasteiger partial charge in [0.25, 0.3) is 0 Å². The van der Waals surface area contributed by atoms with E-state index in [9.17, 15) is 14.3 Å². The van der Waals surface area contributed by atoms with E-state index in [0.717, 1.165) is 28.1 Å². The maximum Gasteiger partial charge on any atom is 0.347 e. The summed E-state index contributed by atoms with van der Waals surface area (Å²) in [5, 5.41) is 9.18. The Morgan fingerprint density at radius 2 is 1.63 bits per heavy atom. The highest BCUT2D eigenvalue weighted by Crippen LogP contribution is 2.28. The molecule has 4 rings (SSSR count). The molecule has 35 heavy (non-hydrogen) atoms. The number of carbonyl (C=O) groups is 1.